The van der Waals surface area contributed by atoms with E-state index < -0.39 is 0 Å². The average molecular weight is 409 g/mol. The zero-order valence-electron chi connectivity index (χ0n) is 17.0. The van der Waals surface area contributed by atoms with Crippen LogP contribution in [0.1, 0.15) is 11.6 Å². The highest BCUT2D eigenvalue weighted by atomic mass is 19.1. The van der Waals surface area contributed by atoms with E-state index in [9.17, 15) is 9.18 Å². The first kappa shape index (κ1) is 19.0. The maximum Gasteiger partial charge on any atom is 0.249 e. The van der Waals surface area contributed by atoms with E-state index in [0.29, 0.717) is 6.54 Å². The molecule has 5 rings (SSSR count). The molecule has 0 unspecified atom stereocenters. The number of nitrogens with zero attached hydrogens (tertiary/aromatic N) is 5. The summed E-state index contributed by atoms with van der Waals surface area (Å²) >= 11 is 0. The molecule has 0 aliphatic carbocycles. The van der Waals surface area contributed by atoms with Crippen LogP contribution in [0.3, 0.4) is 0 Å². The summed E-state index contributed by atoms with van der Waals surface area (Å²) in [5.41, 5.74) is 1.73. The molecule has 4 heterocycles. The van der Waals surface area contributed by atoms with Crippen LogP contribution in [-0.2, 0) is 16.6 Å². The van der Waals surface area contributed by atoms with Crippen LogP contribution in [0.2, 0.25) is 0 Å². The van der Waals surface area contributed by atoms with Crippen molar-refractivity contribution in [2.45, 2.75) is 6.04 Å². The van der Waals surface area contributed by atoms with Gasteiger partial charge in [-0.1, -0.05) is 12.1 Å². The first-order valence-corrected chi connectivity index (χ1v) is 10.1. The van der Waals surface area contributed by atoms with Crippen molar-refractivity contribution in [3.05, 3.63) is 54.2 Å². The van der Waals surface area contributed by atoms with E-state index in [1.165, 1.54) is 13.2 Å². The lowest BCUT2D eigenvalue weighted by Gasteiger charge is -2.30. The predicted octanol–water partition coefficient (Wildman–Crippen LogP) is 2.39. The first-order valence-electron chi connectivity index (χ1n) is 10.1. The number of aryl methyl sites for hydroxylation is 1. The normalized spacial score (nSPS) is 23.4. The van der Waals surface area contributed by atoms with Gasteiger partial charge in [-0.05, 0) is 23.8 Å². The second-order valence-corrected chi connectivity index (χ2v) is 8.17. The predicted molar refractivity (Wildman–Crippen MR) is 110 cm³/mol. The molecule has 0 radical (unpaired) electrons. The lowest BCUT2D eigenvalue weighted by Crippen LogP contribution is -2.37. The minimum absolute atomic E-state index is 0.0333. The van der Waals surface area contributed by atoms with Crippen LogP contribution in [0.25, 0.3) is 11.0 Å². The van der Waals surface area contributed by atoms with Gasteiger partial charge in [0.2, 0.25) is 5.91 Å². The Kier molecular flexibility index (Phi) is 4.66. The molecule has 30 heavy (non-hydrogen) atoms. The van der Waals surface area contributed by atoms with Gasteiger partial charge in [0.1, 0.15) is 30.2 Å². The lowest BCUT2D eigenvalue weighted by atomic mass is 9.89. The third-order valence-electron chi connectivity index (χ3n) is 6.38. The van der Waals surface area contributed by atoms with E-state index in [-0.39, 0.29) is 36.2 Å². The Labute approximate surface area is 174 Å². The highest BCUT2D eigenvalue weighted by molar-refractivity contribution is 5.88. The molecule has 0 spiro atoms. The number of halogens is 1. The summed E-state index contributed by atoms with van der Waals surface area (Å²) in [6, 6.07) is 8.46. The van der Waals surface area contributed by atoms with Crippen molar-refractivity contribution >= 4 is 22.8 Å². The molecule has 1 amide bonds. The Morgan fingerprint density at radius 2 is 2.10 bits per heavy atom. The molecule has 2 fully saturated rings. The number of anilines is 1. The summed E-state index contributed by atoms with van der Waals surface area (Å²) in [6.45, 7) is 2.22. The van der Waals surface area contributed by atoms with Crippen LogP contribution in [0.4, 0.5) is 10.2 Å². The number of amides is 1. The average Bonchev–Trinajstić information content (AvgIpc) is 3.40. The van der Waals surface area contributed by atoms with E-state index in [0.717, 1.165) is 35.5 Å². The first-order chi connectivity index (χ1) is 14.6. The summed E-state index contributed by atoms with van der Waals surface area (Å²) < 4.78 is 21.1. The fraction of sp³-hybridized carbons (Fsp3) is 0.409. The molecular weight excluding hydrogens is 385 g/mol. The number of aromatic nitrogens is 3. The molecule has 3 aromatic rings. The van der Waals surface area contributed by atoms with Crippen LogP contribution in [-0.4, -0.2) is 58.7 Å². The number of ether oxygens (including phenoxy) is 1. The van der Waals surface area contributed by atoms with Crippen molar-refractivity contribution in [3.63, 3.8) is 0 Å². The number of hydrogen-bond acceptors (Lipinski definition) is 5. The van der Waals surface area contributed by atoms with Gasteiger partial charge in [0.05, 0.1) is 11.4 Å². The van der Waals surface area contributed by atoms with Gasteiger partial charge in [0.15, 0.2) is 0 Å². The molecule has 0 saturated carbocycles. The lowest BCUT2D eigenvalue weighted by molar-refractivity contribution is -0.136. The monoisotopic (exact) mass is 409 g/mol. The van der Waals surface area contributed by atoms with Crippen LogP contribution >= 0.6 is 0 Å². The van der Waals surface area contributed by atoms with E-state index >= 15 is 0 Å². The fourth-order valence-corrected chi connectivity index (χ4v) is 5.12. The third kappa shape index (κ3) is 3.02. The second-order valence-electron chi connectivity index (χ2n) is 8.17. The molecule has 2 aliphatic rings. The maximum atomic E-state index is 14.0. The highest BCUT2D eigenvalue weighted by Crippen LogP contribution is 2.46. The molecule has 1 aromatic carbocycles. The van der Waals surface area contributed by atoms with Crippen molar-refractivity contribution in [1.29, 1.82) is 0 Å². The number of benzene rings is 1. The molecule has 2 saturated heterocycles. The van der Waals surface area contributed by atoms with Crippen molar-refractivity contribution in [2.75, 3.05) is 38.3 Å². The van der Waals surface area contributed by atoms with Crippen LogP contribution in [0.15, 0.2) is 42.9 Å². The Bertz CT molecular complexity index is 1100. The minimum Gasteiger partial charge on any atom is -0.375 e. The summed E-state index contributed by atoms with van der Waals surface area (Å²) in [5.74, 6) is 1.06. The Morgan fingerprint density at radius 1 is 1.23 bits per heavy atom. The van der Waals surface area contributed by atoms with Gasteiger partial charge in [-0.3, -0.25) is 4.79 Å². The topological polar surface area (TPSA) is 63.5 Å². The molecule has 0 N–H and O–H groups in total. The standard InChI is InChI=1S/C22H24FN5O2/c1-26-7-6-17-21(26)24-13-25-22(17)27-9-15-10-28(19(29)12-30-2)20(18(15)11-27)14-4-3-5-16(23)8-14/h3-8,13,15,18,20H,9-12H2,1-2H3/t15-,18-,20+/m1/s1. The van der Waals surface area contributed by atoms with Gasteiger partial charge in [-0.15, -0.1) is 0 Å². The number of likely N-dealkylation sites (tertiary alicyclic amines) is 1. The van der Waals surface area contributed by atoms with Crippen molar-refractivity contribution in [3.8, 4) is 0 Å². The van der Waals surface area contributed by atoms with Gasteiger partial charge in [0, 0.05) is 51.8 Å². The number of hydrogen-bond donors (Lipinski definition) is 0. The largest absolute Gasteiger partial charge is 0.375 e. The van der Waals surface area contributed by atoms with Gasteiger partial charge >= 0.3 is 0 Å². The van der Waals surface area contributed by atoms with Crippen molar-refractivity contribution in [1.82, 2.24) is 19.4 Å². The zero-order valence-corrected chi connectivity index (χ0v) is 17.0. The number of methoxy groups -OCH3 is 1. The SMILES string of the molecule is COCC(=O)N1C[C@H]2CN(c3ncnc4c3ccn4C)C[C@H]2[C@@H]1c1cccc(F)c1. The molecule has 0 bridgehead atoms. The summed E-state index contributed by atoms with van der Waals surface area (Å²) in [7, 11) is 3.49. The number of fused-ring (bicyclic) bond motifs is 2. The summed E-state index contributed by atoms with van der Waals surface area (Å²) in [4.78, 5) is 25.8. The van der Waals surface area contributed by atoms with E-state index in [1.54, 1.807) is 18.5 Å². The Hall–Kier alpha value is -3.00. The summed E-state index contributed by atoms with van der Waals surface area (Å²) in [6.07, 6.45) is 3.59. The van der Waals surface area contributed by atoms with Crippen molar-refractivity contribution in [2.24, 2.45) is 18.9 Å². The molecular formula is C22H24FN5O2. The molecule has 3 atom stereocenters. The maximum absolute atomic E-state index is 14.0. The number of carbonyl (C=O) groups excluding carboxylic acids is 1. The minimum atomic E-state index is -0.285. The van der Waals surface area contributed by atoms with Gasteiger partial charge in [0.25, 0.3) is 0 Å². The van der Waals surface area contributed by atoms with E-state index in [2.05, 4.69) is 14.9 Å². The smallest absolute Gasteiger partial charge is 0.249 e. The van der Waals surface area contributed by atoms with Crippen LogP contribution in [0.5, 0.6) is 0 Å². The van der Waals surface area contributed by atoms with Gasteiger partial charge in [-0.2, -0.15) is 0 Å². The molecule has 2 aromatic heterocycles. The number of rotatable bonds is 4. The number of carbonyl (C=O) groups is 1. The van der Waals surface area contributed by atoms with Crippen molar-refractivity contribution < 1.29 is 13.9 Å². The third-order valence-corrected chi connectivity index (χ3v) is 6.38. The van der Waals surface area contributed by atoms with E-state index in [1.807, 2.05) is 34.8 Å². The molecule has 8 heteroatoms. The quantitative estimate of drug-likeness (QED) is 0.662. The highest BCUT2D eigenvalue weighted by Gasteiger charge is 2.49. The molecule has 2 aliphatic heterocycles. The van der Waals surface area contributed by atoms with E-state index in [4.69, 9.17) is 4.74 Å². The summed E-state index contributed by atoms with van der Waals surface area (Å²) in [5, 5.41) is 1.02. The van der Waals surface area contributed by atoms with Gasteiger partial charge < -0.3 is 19.1 Å². The van der Waals surface area contributed by atoms with Crippen LogP contribution in [0, 0.1) is 17.7 Å². The molecule has 7 nitrogen and oxygen atoms in total. The van der Waals surface area contributed by atoms with Gasteiger partial charge in [-0.25, -0.2) is 14.4 Å². The second kappa shape index (κ2) is 7.36. The zero-order chi connectivity index (χ0) is 20.8. The Morgan fingerprint density at radius 3 is 2.90 bits per heavy atom. The molecule has 156 valence electrons. The van der Waals surface area contributed by atoms with Crippen LogP contribution < -0.4 is 4.90 Å². The Balaban J connectivity index is 1.49. The fourth-order valence-electron chi connectivity index (χ4n) is 5.12.